The summed E-state index contributed by atoms with van der Waals surface area (Å²) >= 11 is 1.57. The predicted molar refractivity (Wildman–Crippen MR) is 53.6 cm³/mol. The zero-order valence-corrected chi connectivity index (χ0v) is 8.21. The lowest BCUT2D eigenvalue weighted by Gasteiger charge is -2.06. The standard InChI is InChI=1S/C10H11NOS/c1-8(7-12)13-10-4-2-3-9(5-10)6-11/h2-5,8,12H,7H2,1H3. The molecule has 0 heterocycles. The first-order valence-corrected chi connectivity index (χ1v) is 4.92. The summed E-state index contributed by atoms with van der Waals surface area (Å²) in [6.07, 6.45) is 0. The van der Waals surface area contributed by atoms with E-state index in [0.717, 1.165) is 4.90 Å². The summed E-state index contributed by atoms with van der Waals surface area (Å²) in [5.74, 6) is 0. The van der Waals surface area contributed by atoms with Gasteiger partial charge in [-0.15, -0.1) is 11.8 Å². The van der Waals surface area contributed by atoms with Crippen LogP contribution in [0.4, 0.5) is 0 Å². The van der Waals surface area contributed by atoms with Crippen molar-refractivity contribution < 1.29 is 5.11 Å². The Morgan fingerprint density at radius 2 is 2.38 bits per heavy atom. The molecule has 68 valence electrons. The molecule has 0 aliphatic heterocycles. The van der Waals surface area contributed by atoms with Crippen molar-refractivity contribution in [1.29, 1.82) is 5.26 Å². The third-order valence-corrected chi connectivity index (χ3v) is 2.64. The Morgan fingerprint density at radius 1 is 1.62 bits per heavy atom. The zero-order chi connectivity index (χ0) is 9.68. The quantitative estimate of drug-likeness (QED) is 0.747. The Morgan fingerprint density at radius 3 is 3.00 bits per heavy atom. The number of aliphatic hydroxyl groups excluding tert-OH is 1. The van der Waals surface area contributed by atoms with Crippen LogP contribution in [0.15, 0.2) is 29.2 Å². The molecule has 0 aliphatic carbocycles. The number of hydrogen-bond donors (Lipinski definition) is 1. The summed E-state index contributed by atoms with van der Waals surface area (Å²) in [4.78, 5) is 1.03. The summed E-state index contributed by atoms with van der Waals surface area (Å²) in [6, 6.07) is 9.48. The molecule has 0 spiro atoms. The van der Waals surface area contributed by atoms with E-state index < -0.39 is 0 Å². The average Bonchev–Trinajstić information content (AvgIpc) is 2.18. The Kier molecular flexibility index (Phi) is 3.81. The van der Waals surface area contributed by atoms with Crippen molar-refractivity contribution in [1.82, 2.24) is 0 Å². The highest BCUT2D eigenvalue weighted by molar-refractivity contribution is 8.00. The fourth-order valence-corrected chi connectivity index (χ4v) is 1.80. The summed E-state index contributed by atoms with van der Waals surface area (Å²) < 4.78 is 0. The van der Waals surface area contributed by atoms with Gasteiger partial charge >= 0.3 is 0 Å². The van der Waals surface area contributed by atoms with Gasteiger partial charge in [0.25, 0.3) is 0 Å². The van der Waals surface area contributed by atoms with Crippen LogP contribution in [0.1, 0.15) is 12.5 Å². The lowest BCUT2D eigenvalue weighted by Crippen LogP contribution is -2.01. The van der Waals surface area contributed by atoms with Crippen LogP contribution in [0.3, 0.4) is 0 Å². The number of thioether (sulfide) groups is 1. The van der Waals surface area contributed by atoms with Crippen LogP contribution < -0.4 is 0 Å². The van der Waals surface area contributed by atoms with Crippen molar-refractivity contribution in [2.24, 2.45) is 0 Å². The molecular formula is C10H11NOS. The number of benzene rings is 1. The largest absolute Gasteiger partial charge is 0.395 e. The van der Waals surface area contributed by atoms with Crippen LogP contribution >= 0.6 is 11.8 Å². The maximum Gasteiger partial charge on any atom is 0.0992 e. The first kappa shape index (κ1) is 10.1. The maximum atomic E-state index is 8.84. The molecule has 0 aromatic heterocycles. The van der Waals surface area contributed by atoms with Gasteiger partial charge in [-0.3, -0.25) is 0 Å². The Bertz CT molecular complexity index is 319. The fraction of sp³-hybridized carbons (Fsp3) is 0.300. The SMILES string of the molecule is CC(CO)Sc1cccc(C#N)c1. The van der Waals surface area contributed by atoms with Crippen LogP contribution in [0.2, 0.25) is 0 Å². The summed E-state index contributed by atoms with van der Waals surface area (Å²) in [5.41, 5.74) is 0.662. The summed E-state index contributed by atoms with van der Waals surface area (Å²) in [7, 11) is 0. The number of hydrogen-bond acceptors (Lipinski definition) is 3. The van der Waals surface area contributed by atoms with Gasteiger partial charge in [-0.1, -0.05) is 13.0 Å². The number of nitrogens with zero attached hydrogens (tertiary/aromatic N) is 1. The summed E-state index contributed by atoms with van der Waals surface area (Å²) in [5, 5.41) is 17.7. The predicted octanol–water partition coefficient (Wildman–Crippen LogP) is 2.03. The lowest BCUT2D eigenvalue weighted by molar-refractivity contribution is 0.300. The topological polar surface area (TPSA) is 44.0 Å². The van der Waals surface area contributed by atoms with Gasteiger partial charge in [-0.05, 0) is 18.2 Å². The number of rotatable bonds is 3. The van der Waals surface area contributed by atoms with Crippen LogP contribution in [-0.4, -0.2) is 17.0 Å². The van der Waals surface area contributed by atoms with Gasteiger partial charge < -0.3 is 5.11 Å². The van der Waals surface area contributed by atoms with Crippen molar-refractivity contribution in [3.8, 4) is 6.07 Å². The molecule has 0 bridgehead atoms. The van der Waals surface area contributed by atoms with Gasteiger partial charge in [0, 0.05) is 10.1 Å². The number of nitriles is 1. The average molecular weight is 193 g/mol. The van der Waals surface area contributed by atoms with E-state index in [1.165, 1.54) is 0 Å². The molecule has 1 aromatic carbocycles. The normalized spacial score (nSPS) is 12.1. The van der Waals surface area contributed by atoms with Crippen molar-refractivity contribution in [2.75, 3.05) is 6.61 Å². The molecule has 1 aromatic rings. The van der Waals surface area contributed by atoms with E-state index in [2.05, 4.69) is 6.07 Å². The second-order valence-corrected chi connectivity index (χ2v) is 4.26. The van der Waals surface area contributed by atoms with Crippen molar-refractivity contribution in [3.63, 3.8) is 0 Å². The van der Waals surface area contributed by atoms with E-state index in [-0.39, 0.29) is 11.9 Å². The molecular weight excluding hydrogens is 182 g/mol. The first-order chi connectivity index (χ1) is 6.26. The fourth-order valence-electron chi connectivity index (χ4n) is 0.909. The van der Waals surface area contributed by atoms with Gasteiger partial charge in [-0.2, -0.15) is 5.26 Å². The highest BCUT2D eigenvalue weighted by atomic mass is 32.2. The van der Waals surface area contributed by atoms with Gasteiger partial charge in [0.05, 0.1) is 18.2 Å². The molecule has 2 nitrogen and oxygen atoms in total. The Hall–Kier alpha value is -0.980. The third-order valence-electron chi connectivity index (χ3n) is 1.56. The van der Waals surface area contributed by atoms with E-state index in [4.69, 9.17) is 10.4 Å². The van der Waals surface area contributed by atoms with Crippen LogP contribution in [0.25, 0.3) is 0 Å². The lowest BCUT2D eigenvalue weighted by atomic mass is 10.2. The molecule has 1 atom stereocenters. The molecule has 0 saturated carbocycles. The molecule has 0 amide bonds. The minimum Gasteiger partial charge on any atom is -0.395 e. The van der Waals surface area contributed by atoms with Gasteiger partial charge in [0.2, 0.25) is 0 Å². The van der Waals surface area contributed by atoms with E-state index in [9.17, 15) is 0 Å². The Labute approximate surface area is 82.2 Å². The van der Waals surface area contributed by atoms with E-state index >= 15 is 0 Å². The smallest absolute Gasteiger partial charge is 0.0992 e. The van der Waals surface area contributed by atoms with Gasteiger partial charge in [0.15, 0.2) is 0 Å². The molecule has 0 saturated heterocycles. The molecule has 13 heavy (non-hydrogen) atoms. The van der Waals surface area contributed by atoms with Gasteiger partial charge in [-0.25, -0.2) is 0 Å². The molecule has 1 unspecified atom stereocenters. The zero-order valence-electron chi connectivity index (χ0n) is 7.40. The van der Waals surface area contributed by atoms with Gasteiger partial charge in [0.1, 0.15) is 0 Å². The highest BCUT2D eigenvalue weighted by Gasteiger charge is 2.02. The van der Waals surface area contributed by atoms with Crippen molar-refractivity contribution in [2.45, 2.75) is 17.1 Å². The van der Waals surface area contributed by atoms with Crippen LogP contribution in [0.5, 0.6) is 0 Å². The van der Waals surface area contributed by atoms with E-state index in [1.807, 2.05) is 25.1 Å². The summed E-state index contributed by atoms with van der Waals surface area (Å²) in [6.45, 7) is 2.10. The number of aliphatic hydroxyl groups is 1. The van der Waals surface area contributed by atoms with Crippen LogP contribution in [-0.2, 0) is 0 Å². The minimum absolute atomic E-state index is 0.154. The first-order valence-electron chi connectivity index (χ1n) is 4.04. The van der Waals surface area contributed by atoms with Crippen molar-refractivity contribution >= 4 is 11.8 Å². The monoisotopic (exact) mass is 193 g/mol. The van der Waals surface area contributed by atoms with E-state index in [0.29, 0.717) is 5.56 Å². The van der Waals surface area contributed by atoms with Crippen molar-refractivity contribution in [3.05, 3.63) is 29.8 Å². The third kappa shape index (κ3) is 3.10. The molecule has 3 heteroatoms. The molecule has 0 radical (unpaired) electrons. The maximum absolute atomic E-state index is 8.84. The Balaban J connectivity index is 2.73. The second kappa shape index (κ2) is 4.90. The molecule has 0 aliphatic rings. The highest BCUT2D eigenvalue weighted by Crippen LogP contribution is 2.23. The van der Waals surface area contributed by atoms with Crippen LogP contribution in [0, 0.1) is 11.3 Å². The van der Waals surface area contributed by atoms with E-state index in [1.54, 1.807) is 17.8 Å². The second-order valence-electron chi connectivity index (χ2n) is 2.75. The molecule has 0 fully saturated rings. The molecule has 1 N–H and O–H groups in total. The molecule has 1 rings (SSSR count). The minimum atomic E-state index is 0.154.